The average Bonchev–Trinajstić information content (AvgIpc) is 2.75. The molecule has 1 heterocycles. The number of β-lactam (4-membered cyclic amide) rings is 1. The zero-order valence-corrected chi connectivity index (χ0v) is 18.6. The van der Waals surface area contributed by atoms with Gasteiger partial charge in [-0.25, -0.2) is 5.01 Å². The van der Waals surface area contributed by atoms with Crippen molar-refractivity contribution in [1.29, 1.82) is 0 Å². The van der Waals surface area contributed by atoms with E-state index in [2.05, 4.69) is 10.7 Å². The van der Waals surface area contributed by atoms with Crippen LogP contribution in [0.25, 0.3) is 0 Å². The van der Waals surface area contributed by atoms with E-state index < -0.39 is 41.5 Å². The van der Waals surface area contributed by atoms with Gasteiger partial charge in [0.15, 0.2) is 11.5 Å². The summed E-state index contributed by atoms with van der Waals surface area (Å²) in [6.45, 7) is 1.26. The molecule has 168 valence electrons. The smallest absolute Gasteiger partial charge is 0.308 e. The number of nitrogens with one attached hydrogen (secondary N) is 2. The van der Waals surface area contributed by atoms with Gasteiger partial charge in [-0.2, -0.15) is 0 Å². The molecule has 32 heavy (non-hydrogen) atoms. The van der Waals surface area contributed by atoms with Crippen molar-refractivity contribution in [2.45, 2.75) is 24.8 Å². The zero-order valence-electron chi connectivity index (χ0n) is 17.1. The summed E-state index contributed by atoms with van der Waals surface area (Å²) >= 11 is 12.0. The summed E-state index contributed by atoms with van der Waals surface area (Å²) in [7, 11) is 1.40. The monoisotopic (exact) mass is 479 g/mol. The number of rotatable bonds is 7. The molecule has 2 aromatic rings. The number of nitrogens with zero attached hydrogens (tertiary/aromatic N) is 1. The van der Waals surface area contributed by atoms with E-state index in [0.717, 1.165) is 5.01 Å². The van der Waals surface area contributed by atoms with Crippen molar-refractivity contribution in [3.05, 3.63) is 53.1 Å². The Morgan fingerprint density at radius 1 is 1.06 bits per heavy atom. The van der Waals surface area contributed by atoms with Crippen molar-refractivity contribution in [1.82, 2.24) is 10.4 Å². The Labute approximate surface area is 193 Å². The van der Waals surface area contributed by atoms with Crippen LogP contribution in [0, 0.1) is 0 Å². The molecule has 0 aromatic heterocycles. The van der Waals surface area contributed by atoms with Gasteiger partial charge in [0.1, 0.15) is 17.8 Å². The molecule has 1 fully saturated rings. The molecule has 0 radical (unpaired) electrons. The van der Waals surface area contributed by atoms with E-state index in [0.29, 0.717) is 16.3 Å². The summed E-state index contributed by atoms with van der Waals surface area (Å²) in [6, 6.07) is 10.3. The van der Waals surface area contributed by atoms with Gasteiger partial charge in [-0.1, -0.05) is 17.7 Å². The Morgan fingerprint density at radius 2 is 1.75 bits per heavy atom. The molecule has 1 aliphatic heterocycles. The lowest BCUT2D eigenvalue weighted by Gasteiger charge is -2.44. The van der Waals surface area contributed by atoms with Crippen molar-refractivity contribution in [3.8, 4) is 11.5 Å². The lowest BCUT2D eigenvalue weighted by Crippen LogP contribution is -2.63. The lowest BCUT2D eigenvalue weighted by atomic mass is 9.95. The number of hydrogen-bond acceptors (Lipinski definition) is 6. The molecular formula is C21H19Cl2N3O6. The van der Waals surface area contributed by atoms with Crippen LogP contribution in [0.2, 0.25) is 5.02 Å². The summed E-state index contributed by atoms with van der Waals surface area (Å²) < 4.78 is 10.3. The fourth-order valence-electron chi connectivity index (χ4n) is 3.06. The van der Waals surface area contributed by atoms with Gasteiger partial charge < -0.3 is 14.8 Å². The molecule has 2 atom stereocenters. The van der Waals surface area contributed by atoms with Gasteiger partial charge in [-0.15, -0.1) is 11.6 Å². The highest BCUT2D eigenvalue weighted by molar-refractivity contribution is 6.33. The number of hydrazine groups is 1. The fraction of sp³-hybridized carbons (Fsp3) is 0.238. The highest BCUT2D eigenvalue weighted by atomic mass is 35.5. The largest absolute Gasteiger partial charge is 0.493 e. The average molecular weight is 480 g/mol. The van der Waals surface area contributed by atoms with Crippen LogP contribution in [0.5, 0.6) is 11.5 Å². The van der Waals surface area contributed by atoms with Gasteiger partial charge >= 0.3 is 5.97 Å². The Hall–Kier alpha value is -3.30. The van der Waals surface area contributed by atoms with Crippen LogP contribution >= 0.6 is 23.2 Å². The molecular weight excluding hydrogens is 461 g/mol. The highest BCUT2D eigenvalue weighted by Crippen LogP contribution is 2.40. The zero-order chi connectivity index (χ0) is 23.4. The van der Waals surface area contributed by atoms with Crippen molar-refractivity contribution in [2.24, 2.45) is 0 Å². The van der Waals surface area contributed by atoms with E-state index in [1.165, 1.54) is 20.1 Å². The number of ether oxygens (including phenoxy) is 2. The van der Waals surface area contributed by atoms with Crippen LogP contribution in [0.3, 0.4) is 0 Å². The maximum Gasteiger partial charge on any atom is 0.308 e. The van der Waals surface area contributed by atoms with E-state index in [4.69, 9.17) is 32.7 Å². The summed E-state index contributed by atoms with van der Waals surface area (Å²) in [5, 5.41) is 3.20. The van der Waals surface area contributed by atoms with Gasteiger partial charge in [-0.05, 0) is 42.0 Å². The molecule has 0 bridgehead atoms. The van der Waals surface area contributed by atoms with Crippen LogP contribution < -0.4 is 20.2 Å². The molecule has 3 rings (SSSR count). The second-order valence-electron chi connectivity index (χ2n) is 6.83. The lowest BCUT2D eigenvalue weighted by molar-refractivity contribution is -0.157. The molecule has 0 saturated carbocycles. The Kier molecular flexibility index (Phi) is 7.22. The molecule has 1 saturated heterocycles. The first-order valence-electron chi connectivity index (χ1n) is 9.38. The Morgan fingerprint density at radius 3 is 2.38 bits per heavy atom. The van der Waals surface area contributed by atoms with Gasteiger partial charge in [-0.3, -0.25) is 24.6 Å². The highest BCUT2D eigenvalue weighted by Gasteiger charge is 2.48. The van der Waals surface area contributed by atoms with Crippen LogP contribution in [-0.2, 0) is 19.2 Å². The van der Waals surface area contributed by atoms with E-state index in [1.807, 2.05) is 0 Å². The maximum absolute atomic E-state index is 12.3. The second-order valence-corrected chi connectivity index (χ2v) is 7.73. The Bertz CT molecular complexity index is 1060. The number of alkyl halides is 1. The first-order valence-corrected chi connectivity index (χ1v) is 10.2. The first kappa shape index (κ1) is 23.4. The van der Waals surface area contributed by atoms with Gasteiger partial charge in [0, 0.05) is 17.6 Å². The second kappa shape index (κ2) is 9.88. The minimum absolute atomic E-state index is 0.204. The summed E-state index contributed by atoms with van der Waals surface area (Å²) in [6.07, 6.45) is -0.513. The summed E-state index contributed by atoms with van der Waals surface area (Å²) in [5.41, 5.74) is 3.43. The van der Waals surface area contributed by atoms with Crippen molar-refractivity contribution >= 4 is 52.6 Å². The van der Waals surface area contributed by atoms with Crippen molar-refractivity contribution in [3.63, 3.8) is 0 Å². The fourth-order valence-corrected chi connectivity index (χ4v) is 3.55. The summed E-state index contributed by atoms with van der Waals surface area (Å²) in [5.74, 6) is -1.84. The molecule has 1 aliphatic rings. The number of hydrogen-bond donors (Lipinski definition) is 2. The molecule has 0 unspecified atom stereocenters. The molecule has 0 spiro atoms. The van der Waals surface area contributed by atoms with Gasteiger partial charge in [0.05, 0.1) is 7.11 Å². The molecule has 0 aliphatic carbocycles. The SMILES string of the molecule is COc1cc([C@@H]2[C@H](Cl)C(=O)N2NC(=O)CC(=O)Nc2ccc(Cl)cc2)ccc1OC(C)=O. The van der Waals surface area contributed by atoms with E-state index >= 15 is 0 Å². The third-order valence-corrected chi connectivity index (χ3v) is 5.18. The van der Waals surface area contributed by atoms with Crippen LogP contribution in [-0.4, -0.2) is 41.2 Å². The third kappa shape index (κ3) is 5.30. The predicted molar refractivity (Wildman–Crippen MR) is 116 cm³/mol. The van der Waals surface area contributed by atoms with Crippen molar-refractivity contribution < 1.29 is 28.7 Å². The standard InChI is InChI=1S/C21H19Cl2N3O6/c1-11(27)32-15-8-3-12(9-16(15)31-2)20-19(23)21(30)26(20)25-18(29)10-17(28)24-14-6-4-13(22)5-7-14/h3-9,19-20H,10H2,1-2H3,(H,24,28)(H,25,29)/t19-,20+/m0/s1. The van der Waals surface area contributed by atoms with Gasteiger partial charge in [0.25, 0.3) is 5.91 Å². The number of anilines is 1. The van der Waals surface area contributed by atoms with Gasteiger partial charge in [0.2, 0.25) is 11.8 Å². The minimum Gasteiger partial charge on any atom is -0.493 e. The number of benzene rings is 2. The van der Waals surface area contributed by atoms with Crippen molar-refractivity contribution in [2.75, 3.05) is 12.4 Å². The van der Waals surface area contributed by atoms with Crippen LogP contribution in [0.4, 0.5) is 5.69 Å². The number of carbonyl (C=O) groups is 4. The third-order valence-electron chi connectivity index (χ3n) is 4.51. The van der Waals surface area contributed by atoms with E-state index in [9.17, 15) is 19.2 Å². The minimum atomic E-state index is -0.928. The Balaban J connectivity index is 1.66. The molecule has 11 heteroatoms. The number of esters is 1. The van der Waals surface area contributed by atoms with E-state index in [-0.39, 0.29) is 11.5 Å². The van der Waals surface area contributed by atoms with E-state index in [1.54, 1.807) is 36.4 Å². The maximum atomic E-state index is 12.3. The number of amides is 3. The topological polar surface area (TPSA) is 114 Å². The first-order chi connectivity index (χ1) is 15.2. The quantitative estimate of drug-likeness (QED) is 0.207. The molecule has 9 nitrogen and oxygen atoms in total. The molecule has 3 amide bonds. The molecule has 2 N–H and O–H groups in total. The predicted octanol–water partition coefficient (Wildman–Crippen LogP) is 2.82. The molecule has 2 aromatic carbocycles. The van der Waals surface area contributed by atoms with Crippen LogP contribution in [0.15, 0.2) is 42.5 Å². The number of carbonyl (C=O) groups excluding carboxylic acids is 4. The normalized spacial score (nSPS) is 17.2. The number of halogens is 2. The number of methoxy groups -OCH3 is 1. The summed E-state index contributed by atoms with van der Waals surface area (Å²) in [4.78, 5) is 47.9. The van der Waals surface area contributed by atoms with Crippen LogP contribution in [0.1, 0.15) is 24.9 Å².